The minimum Gasteiger partial charge on any atom is -0.492 e. The van der Waals surface area contributed by atoms with Crippen LogP contribution in [0.5, 0.6) is 5.75 Å². The summed E-state index contributed by atoms with van der Waals surface area (Å²) in [4.78, 5) is 9.65. The van der Waals surface area contributed by atoms with Crippen molar-refractivity contribution in [1.82, 2.24) is 19.2 Å². The van der Waals surface area contributed by atoms with E-state index < -0.39 is 0 Å². The van der Waals surface area contributed by atoms with Crippen LogP contribution in [0.2, 0.25) is 0 Å². The number of ether oxygens (including phenoxy) is 1. The van der Waals surface area contributed by atoms with E-state index in [0.717, 1.165) is 36.9 Å². The Labute approximate surface area is 204 Å². The van der Waals surface area contributed by atoms with Gasteiger partial charge >= 0.3 is 0 Å². The minimum absolute atomic E-state index is 0.424. The third kappa shape index (κ3) is 4.63. The van der Waals surface area contributed by atoms with Crippen LogP contribution in [0.1, 0.15) is 25.7 Å². The first kappa shape index (κ1) is 22.1. The summed E-state index contributed by atoms with van der Waals surface area (Å²) in [5.41, 5.74) is 2.30. The first-order chi connectivity index (χ1) is 17.3. The lowest BCUT2D eigenvalue weighted by Crippen LogP contribution is -2.44. The van der Waals surface area contributed by atoms with Crippen LogP contribution in [-0.4, -0.2) is 69.8 Å². The zero-order chi connectivity index (χ0) is 23.6. The van der Waals surface area contributed by atoms with Crippen molar-refractivity contribution < 1.29 is 14.4 Å². The monoisotopic (exact) mass is 473 g/mol. The van der Waals surface area contributed by atoms with E-state index in [-0.39, 0.29) is 0 Å². The highest BCUT2D eigenvalue weighted by Crippen LogP contribution is 2.25. The molecular formula is C27H31N5O3. The first-order valence-corrected chi connectivity index (χ1v) is 12.6. The Morgan fingerprint density at radius 2 is 1.91 bits per heavy atom. The smallest absolute Gasteiger partial charge is 0.155 e. The number of fused-ring (bicyclic) bond motifs is 2. The van der Waals surface area contributed by atoms with E-state index in [4.69, 9.17) is 9.15 Å². The van der Waals surface area contributed by atoms with Crippen LogP contribution in [0.4, 0.5) is 0 Å². The number of aromatic nitrogens is 2. The number of nitrogens with zero attached hydrogens (tertiary/aromatic N) is 5. The van der Waals surface area contributed by atoms with Crippen LogP contribution < -0.4 is 10.1 Å². The maximum Gasteiger partial charge on any atom is 0.155 e. The van der Waals surface area contributed by atoms with Gasteiger partial charge in [0, 0.05) is 30.4 Å². The van der Waals surface area contributed by atoms with E-state index in [9.17, 15) is 5.21 Å². The van der Waals surface area contributed by atoms with Gasteiger partial charge in [-0.05, 0) is 88.3 Å². The van der Waals surface area contributed by atoms with Gasteiger partial charge in [0.15, 0.2) is 5.76 Å². The Kier molecular flexibility index (Phi) is 6.14. The van der Waals surface area contributed by atoms with Crippen molar-refractivity contribution in [2.45, 2.75) is 31.7 Å². The molecule has 1 aromatic carbocycles. The molecule has 6 rings (SSSR count). The number of benzene rings is 1. The second kappa shape index (κ2) is 9.71. The van der Waals surface area contributed by atoms with E-state index in [1.54, 1.807) is 12.4 Å². The topological polar surface area (TPSA) is 78.7 Å². The molecule has 0 radical (unpaired) electrons. The van der Waals surface area contributed by atoms with Crippen LogP contribution in [0.25, 0.3) is 27.9 Å². The summed E-state index contributed by atoms with van der Waals surface area (Å²) in [5, 5.41) is 14.3. The number of likely N-dealkylation sites (tertiary alicyclic amines) is 2. The molecule has 3 aromatic heterocycles. The van der Waals surface area contributed by atoms with Crippen molar-refractivity contribution in [2.75, 3.05) is 39.3 Å². The van der Waals surface area contributed by atoms with Gasteiger partial charge in [0.25, 0.3) is 0 Å². The average Bonchev–Trinajstić information content (AvgIpc) is 3.60. The van der Waals surface area contributed by atoms with E-state index in [0.29, 0.717) is 34.4 Å². The normalized spacial score (nSPS) is 18.7. The molecule has 0 aliphatic carbocycles. The van der Waals surface area contributed by atoms with Crippen molar-refractivity contribution in [3.8, 4) is 17.2 Å². The molecule has 182 valence electrons. The molecule has 2 fully saturated rings. The summed E-state index contributed by atoms with van der Waals surface area (Å²) in [6, 6.07) is 14.0. The van der Waals surface area contributed by atoms with E-state index in [1.165, 1.54) is 38.8 Å². The fourth-order valence-corrected chi connectivity index (χ4v) is 5.43. The molecule has 2 saturated heterocycles. The molecule has 5 heterocycles. The molecule has 35 heavy (non-hydrogen) atoms. The van der Waals surface area contributed by atoms with Gasteiger partial charge in [-0.15, -0.1) is 0 Å². The van der Waals surface area contributed by atoms with Gasteiger partial charge in [-0.2, -0.15) is 0 Å². The van der Waals surface area contributed by atoms with E-state index in [1.807, 2.05) is 47.0 Å². The van der Waals surface area contributed by atoms with E-state index >= 15 is 0 Å². The molecule has 1 N–H and O–H groups in total. The second-order valence-corrected chi connectivity index (χ2v) is 9.53. The third-order valence-electron chi connectivity index (χ3n) is 7.38. The number of rotatable bonds is 6. The summed E-state index contributed by atoms with van der Waals surface area (Å²) >= 11 is 0. The Morgan fingerprint density at radius 1 is 1.06 bits per heavy atom. The standard InChI is InChI=1S/C27H31N5O3/c33-29-24-18-27(25-16-21-4-3-11-32(21)19-28-25)35-26-6-5-22(17-23(24)26)34-15-14-30-12-7-20(8-13-30)31-9-1-2-10-31/h3-6,11,16-20,33H,1-2,7-10,12-15H2. The van der Waals surface area contributed by atoms with Crippen molar-refractivity contribution in [3.05, 3.63) is 60.3 Å². The summed E-state index contributed by atoms with van der Waals surface area (Å²) in [6.07, 6.45) is 8.92. The fourth-order valence-electron chi connectivity index (χ4n) is 5.43. The Balaban J connectivity index is 1.12. The lowest BCUT2D eigenvalue weighted by atomic mass is 10.0. The van der Waals surface area contributed by atoms with Crippen LogP contribution in [0, 0.1) is 0 Å². The zero-order valence-corrected chi connectivity index (χ0v) is 19.8. The molecular weight excluding hydrogens is 442 g/mol. The summed E-state index contributed by atoms with van der Waals surface area (Å²) in [7, 11) is 0. The molecule has 2 aliphatic rings. The lowest BCUT2D eigenvalue weighted by molar-refractivity contribution is 0.114. The molecule has 0 spiro atoms. The van der Waals surface area contributed by atoms with Crippen molar-refractivity contribution in [2.24, 2.45) is 5.16 Å². The Morgan fingerprint density at radius 3 is 2.74 bits per heavy atom. The predicted molar refractivity (Wildman–Crippen MR) is 134 cm³/mol. The van der Waals surface area contributed by atoms with Gasteiger partial charge in [-0.25, -0.2) is 4.98 Å². The van der Waals surface area contributed by atoms with Crippen molar-refractivity contribution >= 4 is 16.5 Å². The van der Waals surface area contributed by atoms with Gasteiger partial charge in [-0.1, -0.05) is 5.16 Å². The largest absolute Gasteiger partial charge is 0.492 e. The molecule has 0 atom stereocenters. The van der Waals surface area contributed by atoms with Gasteiger partial charge in [0.2, 0.25) is 0 Å². The third-order valence-corrected chi connectivity index (χ3v) is 7.38. The van der Waals surface area contributed by atoms with Crippen molar-refractivity contribution in [3.63, 3.8) is 0 Å². The highest BCUT2D eigenvalue weighted by Gasteiger charge is 2.26. The van der Waals surface area contributed by atoms with Crippen LogP contribution in [0.15, 0.2) is 64.6 Å². The fraction of sp³-hybridized carbons (Fsp3) is 0.407. The zero-order valence-electron chi connectivity index (χ0n) is 19.8. The highest BCUT2D eigenvalue weighted by molar-refractivity contribution is 5.80. The van der Waals surface area contributed by atoms with Crippen LogP contribution >= 0.6 is 0 Å². The minimum atomic E-state index is 0.424. The van der Waals surface area contributed by atoms with E-state index in [2.05, 4.69) is 19.9 Å². The quantitative estimate of drug-likeness (QED) is 0.337. The lowest BCUT2D eigenvalue weighted by Gasteiger charge is -2.36. The van der Waals surface area contributed by atoms with Gasteiger partial charge in [-0.3, -0.25) is 4.90 Å². The first-order valence-electron chi connectivity index (χ1n) is 12.6. The van der Waals surface area contributed by atoms with Crippen LogP contribution in [0.3, 0.4) is 0 Å². The molecule has 8 nitrogen and oxygen atoms in total. The molecule has 0 unspecified atom stereocenters. The highest BCUT2D eigenvalue weighted by atomic mass is 16.5. The summed E-state index contributed by atoms with van der Waals surface area (Å²) in [6.45, 7) is 6.39. The van der Waals surface area contributed by atoms with Crippen LogP contribution in [-0.2, 0) is 0 Å². The predicted octanol–water partition coefficient (Wildman–Crippen LogP) is 3.98. The molecule has 2 aliphatic heterocycles. The molecule has 0 amide bonds. The Bertz CT molecular complexity index is 1380. The number of hydrogen-bond acceptors (Lipinski definition) is 7. The number of piperidine rings is 1. The average molecular weight is 474 g/mol. The number of hydrogen-bond donors (Lipinski definition) is 1. The summed E-state index contributed by atoms with van der Waals surface area (Å²) in [5.74, 6) is 1.28. The summed E-state index contributed by atoms with van der Waals surface area (Å²) < 4.78 is 14.1. The molecule has 0 bridgehead atoms. The second-order valence-electron chi connectivity index (χ2n) is 9.53. The molecule has 0 saturated carbocycles. The van der Waals surface area contributed by atoms with Gasteiger partial charge in [0.1, 0.15) is 29.0 Å². The van der Waals surface area contributed by atoms with Gasteiger partial charge < -0.3 is 23.7 Å². The SMILES string of the molecule is ON=c1cc(-c2cc3cccn3cn2)oc2ccc(OCCN3CCC(N4CCCC4)CC3)cc12. The molecule has 4 aromatic rings. The maximum atomic E-state index is 9.69. The van der Waals surface area contributed by atoms with Crippen molar-refractivity contribution in [1.29, 1.82) is 0 Å². The Hall–Kier alpha value is -3.36. The van der Waals surface area contributed by atoms with Gasteiger partial charge in [0.05, 0.1) is 11.7 Å². The maximum absolute atomic E-state index is 9.69. The molecule has 8 heteroatoms.